The molecule has 0 aliphatic carbocycles. The number of aromatic nitrogens is 3. The number of nitrogens with one attached hydrogen (secondary N) is 1. The molecule has 11 aromatic rings. The third-order valence-corrected chi connectivity index (χ3v) is 11.4. The molecule has 0 fully saturated rings. The van der Waals surface area contributed by atoms with E-state index < -0.39 is 0 Å². The summed E-state index contributed by atoms with van der Waals surface area (Å²) < 4.78 is 2.65. The summed E-state index contributed by atoms with van der Waals surface area (Å²) in [4.78, 5) is 14.5. The summed E-state index contributed by atoms with van der Waals surface area (Å²) in [7, 11) is 0. The van der Waals surface area contributed by atoms with Gasteiger partial charge < -0.3 is 4.98 Å². The molecule has 0 aliphatic heterocycles. The van der Waals surface area contributed by atoms with Gasteiger partial charge in [0.1, 0.15) is 0 Å². The minimum absolute atomic E-state index is 0.880. The normalized spacial score (nSPS) is 12.0. The smallest absolute Gasteiger partial charge is 0.0973 e. The summed E-state index contributed by atoms with van der Waals surface area (Å²) in [6.07, 6.45) is 0. The topological polar surface area (TPSA) is 41.6 Å². The van der Waals surface area contributed by atoms with Gasteiger partial charge >= 0.3 is 0 Å². The Bertz CT molecular complexity index is 3140. The number of rotatable bonds is 3. The lowest BCUT2D eigenvalue weighted by atomic mass is 9.95. The van der Waals surface area contributed by atoms with E-state index in [2.05, 4.69) is 151 Å². The zero-order valence-corrected chi connectivity index (χ0v) is 27.6. The Labute approximate surface area is 291 Å². The number of thiophene rings is 1. The van der Waals surface area contributed by atoms with Gasteiger partial charge in [-0.3, -0.25) is 0 Å². The van der Waals surface area contributed by atoms with Crippen LogP contribution in [0.1, 0.15) is 0 Å². The molecular formula is C46H27N3S. The number of fused-ring (bicyclic) bond motifs is 13. The van der Waals surface area contributed by atoms with Crippen LogP contribution in [-0.2, 0) is 0 Å². The van der Waals surface area contributed by atoms with E-state index in [1.807, 2.05) is 23.5 Å². The second-order valence-corrected chi connectivity index (χ2v) is 14.0. The Morgan fingerprint density at radius 1 is 0.440 bits per heavy atom. The van der Waals surface area contributed by atoms with E-state index in [0.717, 1.165) is 50.2 Å². The van der Waals surface area contributed by atoms with Gasteiger partial charge in [0.2, 0.25) is 0 Å². The molecule has 0 atom stereocenters. The van der Waals surface area contributed by atoms with Crippen LogP contribution >= 0.6 is 11.3 Å². The van der Waals surface area contributed by atoms with Crippen molar-refractivity contribution in [3.8, 4) is 33.6 Å². The number of para-hydroxylation sites is 2. The molecule has 0 saturated heterocycles. The predicted octanol–water partition coefficient (Wildman–Crippen LogP) is 12.9. The van der Waals surface area contributed by atoms with E-state index in [-0.39, 0.29) is 0 Å². The van der Waals surface area contributed by atoms with Crippen molar-refractivity contribution in [3.63, 3.8) is 0 Å². The van der Waals surface area contributed by atoms with Gasteiger partial charge in [-0.25, -0.2) is 9.97 Å². The highest BCUT2D eigenvalue weighted by molar-refractivity contribution is 7.27. The maximum absolute atomic E-state index is 5.42. The van der Waals surface area contributed by atoms with Crippen LogP contribution in [-0.4, -0.2) is 15.0 Å². The highest BCUT2D eigenvalue weighted by Crippen LogP contribution is 2.48. The molecule has 0 amide bonds. The molecule has 0 spiro atoms. The molecule has 0 unspecified atom stereocenters. The average molecular weight is 654 g/mol. The van der Waals surface area contributed by atoms with Crippen molar-refractivity contribution in [1.29, 1.82) is 0 Å². The number of hydrogen-bond donors (Lipinski definition) is 1. The highest BCUT2D eigenvalue weighted by atomic mass is 32.1. The Morgan fingerprint density at radius 2 is 1.14 bits per heavy atom. The SMILES string of the molecule is c1ccc(-c2nc3cccc(-c4ccc5c(c4)c4sc6c7ccccc7ccc6c4c4c6ccccc6[nH]c54)c3nc2-c2ccccc2)cc1. The van der Waals surface area contributed by atoms with Crippen LogP contribution in [0, 0.1) is 0 Å². The van der Waals surface area contributed by atoms with Crippen molar-refractivity contribution >= 4 is 85.9 Å². The average Bonchev–Trinajstić information content (AvgIpc) is 3.77. The van der Waals surface area contributed by atoms with E-state index >= 15 is 0 Å². The minimum Gasteiger partial charge on any atom is -0.354 e. The summed E-state index contributed by atoms with van der Waals surface area (Å²) in [6, 6.07) is 56.1. The van der Waals surface area contributed by atoms with E-state index in [1.165, 1.54) is 58.0 Å². The summed E-state index contributed by atoms with van der Waals surface area (Å²) in [5.74, 6) is 0. The fourth-order valence-corrected chi connectivity index (χ4v) is 9.26. The molecule has 1 N–H and O–H groups in total. The molecule has 0 saturated carbocycles. The third kappa shape index (κ3) is 3.97. The van der Waals surface area contributed by atoms with Crippen LogP contribution in [0.15, 0.2) is 158 Å². The van der Waals surface area contributed by atoms with E-state index in [1.54, 1.807) is 0 Å². The molecule has 0 radical (unpaired) electrons. The van der Waals surface area contributed by atoms with Gasteiger partial charge in [-0.15, -0.1) is 11.3 Å². The molecule has 3 nitrogen and oxygen atoms in total. The summed E-state index contributed by atoms with van der Waals surface area (Å²) in [5, 5.41) is 10.2. The Hall–Kier alpha value is -6.36. The number of hydrogen-bond acceptors (Lipinski definition) is 3. The summed E-state index contributed by atoms with van der Waals surface area (Å²) in [5.41, 5.74) is 10.2. The molecule has 3 heterocycles. The molecule has 50 heavy (non-hydrogen) atoms. The van der Waals surface area contributed by atoms with Crippen molar-refractivity contribution in [2.75, 3.05) is 0 Å². The van der Waals surface area contributed by atoms with Gasteiger partial charge in [-0.2, -0.15) is 0 Å². The molecule has 11 rings (SSSR count). The van der Waals surface area contributed by atoms with Crippen molar-refractivity contribution in [1.82, 2.24) is 15.0 Å². The van der Waals surface area contributed by atoms with Crippen molar-refractivity contribution in [2.45, 2.75) is 0 Å². The summed E-state index contributed by atoms with van der Waals surface area (Å²) >= 11 is 1.91. The number of benzene rings is 8. The number of nitrogens with zero attached hydrogens (tertiary/aromatic N) is 2. The van der Waals surface area contributed by atoms with Crippen molar-refractivity contribution in [2.24, 2.45) is 0 Å². The minimum atomic E-state index is 0.880. The molecule has 232 valence electrons. The van der Waals surface area contributed by atoms with Gasteiger partial charge in [0.25, 0.3) is 0 Å². The second-order valence-electron chi connectivity index (χ2n) is 13.0. The zero-order chi connectivity index (χ0) is 32.8. The van der Waals surface area contributed by atoms with Crippen LogP contribution in [0.3, 0.4) is 0 Å². The quantitative estimate of drug-likeness (QED) is 0.206. The molecule has 0 bridgehead atoms. The lowest BCUT2D eigenvalue weighted by Gasteiger charge is -2.14. The molecule has 4 heteroatoms. The van der Waals surface area contributed by atoms with Crippen molar-refractivity contribution < 1.29 is 0 Å². The van der Waals surface area contributed by atoms with E-state index in [0.29, 0.717) is 0 Å². The molecular weight excluding hydrogens is 627 g/mol. The monoisotopic (exact) mass is 653 g/mol. The largest absolute Gasteiger partial charge is 0.354 e. The Balaban J connectivity index is 1.23. The molecule has 3 aromatic heterocycles. The van der Waals surface area contributed by atoms with Crippen LogP contribution < -0.4 is 0 Å². The maximum atomic E-state index is 5.42. The fourth-order valence-electron chi connectivity index (χ4n) is 7.89. The fraction of sp³-hybridized carbons (Fsp3) is 0. The Morgan fingerprint density at radius 3 is 1.96 bits per heavy atom. The Kier molecular flexibility index (Phi) is 5.83. The highest BCUT2D eigenvalue weighted by Gasteiger charge is 2.21. The maximum Gasteiger partial charge on any atom is 0.0973 e. The first-order valence-corrected chi connectivity index (χ1v) is 17.7. The lowest BCUT2D eigenvalue weighted by Crippen LogP contribution is -1.97. The number of aromatic amines is 1. The molecule has 8 aromatic carbocycles. The van der Waals surface area contributed by atoms with Gasteiger partial charge in [0, 0.05) is 63.9 Å². The van der Waals surface area contributed by atoms with Gasteiger partial charge in [0.15, 0.2) is 0 Å². The summed E-state index contributed by atoms with van der Waals surface area (Å²) in [6.45, 7) is 0. The lowest BCUT2D eigenvalue weighted by molar-refractivity contribution is 1.29. The van der Waals surface area contributed by atoms with Gasteiger partial charge in [-0.05, 0) is 34.5 Å². The predicted molar refractivity (Wildman–Crippen MR) is 213 cm³/mol. The standard InChI is InChI=1S/C46H27N3S/c1-3-13-28(14-4-1)41-42(29-15-5-2-6-16-29)49-43-31(19-11-21-38(43)48-41)30-23-24-33-36(26-30)46-40(39-34-18-9-10-20-37(34)47-44(33)39)35-25-22-27-12-7-8-17-32(27)45(35)50-46/h1-26,47H. The molecule has 0 aliphatic rings. The van der Waals surface area contributed by atoms with Crippen molar-refractivity contribution in [3.05, 3.63) is 158 Å². The van der Waals surface area contributed by atoms with Crippen LogP contribution in [0.4, 0.5) is 0 Å². The van der Waals surface area contributed by atoms with Crippen LogP contribution in [0.25, 0.3) is 108 Å². The van der Waals surface area contributed by atoms with Crippen LogP contribution in [0.5, 0.6) is 0 Å². The first kappa shape index (κ1) is 27.6. The van der Waals surface area contributed by atoms with Gasteiger partial charge in [-0.1, -0.05) is 140 Å². The third-order valence-electron chi connectivity index (χ3n) is 10.2. The number of H-pyrrole nitrogens is 1. The van der Waals surface area contributed by atoms with Gasteiger partial charge in [0.05, 0.1) is 27.9 Å². The first-order valence-electron chi connectivity index (χ1n) is 16.9. The van der Waals surface area contributed by atoms with E-state index in [9.17, 15) is 0 Å². The zero-order valence-electron chi connectivity index (χ0n) is 26.8. The van der Waals surface area contributed by atoms with E-state index in [4.69, 9.17) is 9.97 Å². The van der Waals surface area contributed by atoms with Crippen LogP contribution in [0.2, 0.25) is 0 Å². The second kappa shape index (κ2) is 10.6. The first-order chi connectivity index (χ1) is 24.8.